The summed E-state index contributed by atoms with van der Waals surface area (Å²) in [4.78, 5) is 15.8. The molecule has 0 aliphatic heterocycles. The third kappa shape index (κ3) is 4.75. The number of fused-ring (bicyclic) bond motifs is 1. The minimum atomic E-state index is -0.334. The van der Waals surface area contributed by atoms with Crippen LogP contribution in [0.5, 0.6) is 5.75 Å². The predicted molar refractivity (Wildman–Crippen MR) is 96.7 cm³/mol. The van der Waals surface area contributed by atoms with Crippen LogP contribution in [0, 0.1) is 5.92 Å². The topological polar surface area (TPSA) is 72.5 Å². The maximum atomic E-state index is 11.3. The van der Waals surface area contributed by atoms with E-state index < -0.39 is 0 Å². The number of aromatic nitrogens is 1. The molecule has 6 heteroatoms. The number of anilines is 2. The third-order valence-electron chi connectivity index (χ3n) is 3.70. The van der Waals surface area contributed by atoms with E-state index in [2.05, 4.69) is 34.2 Å². The number of esters is 1. The minimum Gasteiger partial charge on any atom is -0.495 e. The van der Waals surface area contributed by atoms with Gasteiger partial charge in [-0.2, -0.15) is 0 Å². The zero-order chi connectivity index (χ0) is 17.5. The fourth-order valence-corrected chi connectivity index (χ4v) is 2.31. The molecule has 0 spiro atoms. The van der Waals surface area contributed by atoms with E-state index in [9.17, 15) is 4.79 Å². The van der Waals surface area contributed by atoms with Gasteiger partial charge in [0.2, 0.25) is 0 Å². The number of methoxy groups -OCH3 is 2. The van der Waals surface area contributed by atoms with E-state index in [1.165, 1.54) is 7.11 Å². The van der Waals surface area contributed by atoms with E-state index in [0.717, 1.165) is 35.2 Å². The average Bonchev–Trinajstić information content (AvgIpc) is 2.58. The van der Waals surface area contributed by atoms with Gasteiger partial charge in [0.05, 0.1) is 37.3 Å². The van der Waals surface area contributed by atoms with Gasteiger partial charge in [0, 0.05) is 18.0 Å². The zero-order valence-electron chi connectivity index (χ0n) is 14.7. The normalized spacial score (nSPS) is 10.7. The summed E-state index contributed by atoms with van der Waals surface area (Å²) in [5.74, 6) is 0.961. The number of benzene rings is 1. The van der Waals surface area contributed by atoms with Crippen LogP contribution in [0.25, 0.3) is 10.9 Å². The van der Waals surface area contributed by atoms with Gasteiger partial charge in [-0.1, -0.05) is 13.8 Å². The predicted octanol–water partition coefficient (Wildman–Crippen LogP) is 3.29. The molecule has 24 heavy (non-hydrogen) atoms. The number of pyridine rings is 1. The highest BCUT2D eigenvalue weighted by Crippen LogP contribution is 2.30. The van der Waals surface area contributed by atoms with Gasteiger partial charge in [0.15, 0.2) is 0 Å². The lowest BCUT2D eigenvalue weighted by Gasteiger charge is -2.13. The molecule has 1 aromatic heterocycles. The lowest BCUT2D eigenvalue weighted by atomic mass is 10.1. The Morgan fingerprint density at radius 3 is 2.67 bits per heavy atom. The van der Waals surface area contributed by atoms with Crippen molar-refractivity contribution in [2.75, 3.05) is 37.9 Å². The van der Waals surface area contributed by atoms with Crippen molar-refractivity contribution in [1.82, 2.24) is 4.98 Å². The van der Waals surface area contributed by atoms with Crippen molar-refractivity contribution in [3.8, 4) is 5.75 Å². The van der Waals surface area contributed by atoms with Gasteiger partial charge in [0.25, 0.3) is 0 Å². The van der Waals surface area contributed by atoms with Gasteiger partial charge < -0.3 is 20.1 Å². The summed E-state index contributed by atoms with van der Waals surface area (Å²) >= 11 is 0. The molecular weight excluding hydrogens is 306 g/mol. The molecule has 2 aromatic rings. The summed E-state index contributed by atoms with van der Waals surface area (Å²) in [6.45, 7) is 5.39. The molecule has 2 N–H and O–H groups in total. The first-order valence-corrected chi connectivity index (χ1v) is 8.06. The summed E-state index contributed by atoms with van der Waals surface area (Å²) in [6, 6.07) is 5.83. The number of carbonyl (C=O) groups is 1. The summed E-state index contributed by atoms with van der Waals surface area (Å²) in [7, 11) is 2.95. The van der Waals surface area contributed by atoms with E-state index in [1.807, 2.05) is 24.4 Å². The van der Waals surface area contributed by atoms with Crippen LogP contribution in [-0.2, 0) is 9.53 Å². The van der Waals surface area contributed by atoms with Gasteiger partial charge >= 0.3 is 5.97 Å². The van der Waals surface area contributed by atoms with Crippen LogP contribution in [0.3, 0.4) is 0 Å². The summed E-state index contributed by atoms with van der Waals surface area (Å²) in [5, 5.41) is 7.39. The Hall–Kier alpha value is -2.50. The van der Waals surface area contributed by atoms with Crippen LogP contribution in [0.4, 0.5) is 11.4 Å². The molecule has 0 saturated heterocycles. The quantitative estimate of drug-likeness (QED) is 0.723. The van der Waals surface area contributed by atoms with Crippen LogP contribution in [0.1, 0.15) is 20.3 Å². The van der Waals surface area contributed by atoms with E-state index in [0.29, 0.717) is 11.7 Å². The maximum absolute atomic E-state index is 11.3. The molecule has 130 valence electrons. The standard InChI is InChI=1S/C18H25N3O3/c1-12(2)5-6-19-14-7-13-8-16(21-11-18(22)24-4)17(23-3)9-15(13)20-10-14/h7-10,12,19,21H,5-6,11H2,1-4H3. The monoisotopic (exact) mass is 331 g/mol. The number of nitrogens with zero attached hydrogens (tertiary/aromatic N) is 1. The molecular formula is C18H25N3O3. The average molecular weight is 331 g/mol. The van der Waals surface area contributed by atoms with Gasteiger partial charge in [-0.3, -0.25) is 9.78 Å². The zero-order valence-corrected chi connectivity index (χ0v) is 14.7. The highest BCUT2D eigenvalue weighted by molar-refractivity contribution is 5.88. The molecule has 0 aliphatic carbocycles. The summed E-state index contributed by atoms with van der Waals surface area (Å²) < 4.78 is 10.0. The van der Waals surface area contributed by atoms with Gasteiger partial charge in [-0.25, -0.2) is 0 Å². The highest BCUT2D eigenvalue weighted by atomic mass is 16.5. The van der Waals surface area contributed by atoms with Crippen molar-refractivity contribution in [3.05, 3.63) is 24.4 Å². The van der Waals surface area contributed by atoms with Crippen molar-refractivity contribution in [1.29, 1.82) is 0 Å². The molecule has 0 saturated carbocycles. The van der Waals surface area contributed by atoms with Crippen LogP contribution in [-0.4, -0.2) is 38.3 Å². The van der Waals surface area contributed by atoms with Gasteiger partial charge in [-0.05, 0) is 24.5 Å². The number of hydrogen-bond acceptors (Lipinski definition) is 6. The Morgan fingerprint density at radius 2 is 2.00 bits per heavy atom. The molecule has 1 heterocycles. The second-order valence-corrected chi connectivity index (χ2v) is 6.01. The van der Waals surface area contributed by atoms with Crippen LogP contribution in [0.2, 0.25) is 0 Å². The molecule has 6 nitrogen and oxygen atoms in total. The third-order valence-corrected chi connectivity index (χ3v) is 3.70. The fourth-order valence-electron chi connectivity index (χ4n) is 2.31. The largest absolute Gasteiger partial charge is 0.495 e. The highest BCUT2D eigenvalue weighted by Gasteiger charge is 2.09. The van der Waals surface area contributed by atoms with Crippen molar-refractivity contribution in [3.63, 3.8) is 0 Å². The number of carbonyl (C=O) groups excluding carboxylic acids is 1. The van der Waals surface area contributed by atoms with Gasteiger partial charge in [0.1, 0.15) is 12.3 Å². The van der Waals surface area contributed by atoms with Gasteiger partial charge in [-0.15, -0.1) is 0 Å². The molecule has 0 unspecified atom stereocenters. The molecule has 1 aromatic carbocycles. The lowest BCUT2D eigenvalue weighted by molar-refractivity contribution is -0.138. The Morgan fingerprint density at radius 1 is 1.21 bits per heavy atom. The smallest absolute Gasteiger partial charge is 0.325 e. The van der Waals surface area contributed by atoms with Crippen LogP contribution in [0.15, 0.2) is 24.4 Å². The minimum absolute atomic E-state index is 0.0815. The fraction of sp³-hybridized carbons (Fsp3) is 0.444. The molecule has 0 radical (unpaired) electrons. The Balaban J connectivity index is 2.21. The van der Waals surface area contributed by atoms with Crippen LogP contribution >= 0.6 is 0 Å². The molecule has 0 amide bonds. The van der Waals surface area contributed by atoms with Crippen molar-refractivity contribution in [2.24, 2.45) is 5.92 Å². The first-order chi connectivity index (χ1) is 11.5. The molecule has 0 aliphatic rings. The van der Waals surface area contributed by atoms with E-state index in [-0.39, 0.29) is 12.5 Å². The second kappa shape index (κ2) is 8.38. The van der Waals surface area contributed by atoms with Crippen molar-refractivity contribution < 1.29 is 14.3 Å². The molecule has 0 fully saturated rings. The number of hydrogen-bond donors (Lipinski definition) is 2. The Bertz CT molecular complexity index is 701. The Labute approximate surface area is 142 Å². The molecule has 0 atom stereocenters. The molecule has 2 rings (SSSR count). The molecule has 0 bridgehead atoms. The maximum Gasteiger partial charge on any atom is 0.325 e. The SMILES string of the molecule is COC(=O)CNc1cc2cc(NCCC(C)C)cnc2cc1OC. The Kier molecular flexibility index (Phi) is 6.23. The number of rotatable bonds is 8. The van der Waals surface area contributed by atoms with E-state index in [4.69, 9.17) is 4.74 Å². The summed E-state index contributed by atoms with van der Waals surface area (Å²) in [5.41, 5.74) is 2.55. The lowest BCUT2D eigenvalue weighted by Crippen LogP contribution is -2.15. The van der Waals surface area contributed by atoms with Crippen molar-refractivity contribution >= 4 is 28.2 Å². The van der Waals surface area contributed by atoms with Crippen molar-refractivity contribution in [2.45, 2.75) is 20.3 Å². The summed E-state index contributed by atoms with van der Waals surface area (Å²) in [6.07, 6.45) is 2.93. The van der Waals surface area contributed by atoms with Crippen LogP contribution < -0.4 is 15.4 Å². The second-order valence-electron chi connectivity index (χ2n) is 6.01. The van der Waals surface area contributed by atoms with E-state index in [1.54, 1.807) is 7.11 Å². The van der Waals surface area contributed by atoms with E-state index >= 15 is 0 Å². The first kappa shape index (κ1) is 17.8. The first-order valence-electron chi connectivity index (χ1n) is 8.06. The number of ether oxygens (including phenoxy) is 2. The number of nitrogens with one attached hydrogen (secondary N) is 2.